The van der Waals surface area contributed by atoms with Gasteiger partial charge in [-0.15, -0.1) is 11.3 Å². The van der Waals surface area contributed by atoms with E-state index in [1.54, 1.807) is 5.38 Å². The van der Waals surface area contributed by atoms with Crippen LogP contribution >= 0.6 is 38.9 Å². The molecule has 0 aliphatic rings. The molecule has 0 bridgehead atoms. The minimum atomic E-state index is -0.399. The lowest BCUT2D eigenvalue weighted by atomic mass is 10.2. The maximum Gasteiger partial charge on any atom is 0.253 e. The molecule has 0 saturated carbocycles. The first kappa shape index (κ1) is 9.19. The van der Waals surface area contributed by atoms with Crippen LogP contribution in [0.15, 0.2) is 28.1 Å². The fourth-order valence-corrected chi connectivity index (χ4v) is 2.66. The Morgan fingerprint density at radius 3 is 2.92 bits per heavy atom. The normalized spacial score (nSPS) is 10.6. The lowest BCUT2D eigenvalue weighted by Crippen LogP contribution is -1.84. The minimum absolute atomic E-state index is 0.399. The van der Waals surface area contributed by atoms with E-state index < -0.39 is 5.24 Å². The zero-order chi connectivity index (χ0) is 9.42. The van der Waals surface area contributed by atoms with Crippen LogP contribution in [-0.2, 0) is 0 Å². The molecule has 0 atom stereocenters. The van der Waals surface area contributed by atoms with Crippen molar-refractivity contribution in [1.82, 2.24) is 0 Å². The fourth-order valence-electron chi connectivity index (χ4n) is 1.15. The molecule has 66 valence electrons. The van der Waals surface area contributed by atoms with Crippen LogP contribution in [0.4, 0.5) is 0 Å². The Bertz CT molecular complexity index is 477. The highest BCUT2D eigenvalue weighted by molar-refractivity contribution is 9.10. The zero-order valence-electron chi connectivity index (χ0n) is 6.38. The lowest BCUT2D eigenvalue weighted by molar-refractivity contribution is 0.108. The molecule has 2 aromatic rings. The lowest BCUT2D eigenvalue weighted by Gasteiger charge is -1.92. The summed E-state index contributed by atoms with van der Waals surface area (Å²) < 4.78 is 2.03. The van der Waals surface area contributed by atoms with E-state index in [0.717, 1.165) is 14.6 Å². The van der Waals surface area contributed by atoms with Crippen LogP contribution in [0.2, 0.25) is 0 Å². The van der Waals surface area contributed by atoms with Crippen molar-refractivity contribution in [2.45, 2.75) is 0 Å². The van der Waals surface area contributed by atoms with Gasteiger partial charge < -0.3 is 0 Å². The van der Waals surface area contributed by atoms with Crippen molar-refractivity contribution in [1.29, 1.82) is 0 Å². The van der Waals surface area contributed by atoms with Gasteiger partial charge >= 0.3 is 0 Å². The molecule has 0 saturated heterocycles. The van der Waals surface area contributed by atoms with Crippen molar-refractivity contribution in [3.63, 3.8) is 0 Å². The molecule has 0 aliphatic heterocycles. The topological polar surface area (TPSA) is 17.1 Å². The van der Waals surface area contributed by atoms with E-state index in [1.807, 2.05) is 18.2 Å². The molecule has 1 aromatic carbocycles. The number of carbonyl (C=O) groups excluding carboxylic acids is 1. The fraction of sp³-hybridized carbons (Fsp3) is 0. The number of hydrogen-bond acceptors (Lipinski definition) is 2. The van der Waals surface area contributed by atoms with Gasteiger partial charge in [0.25, 0.3) is 5.24 Å². The van der Waals surface area contributed by atoms with Crippen molar-refractivity contribution in [2.24, 2.45) is 0 Å². The molecule has 0 unspecified atom stereocenters. The first-order chi connectivity index (χ1) is 6.18. The van der Waals surface area contributed by atoms with Crippen LogP contribution in [0.5, 0.6) is 0 Å². The molecule has 1 aromatic heterocycles. The molecule has 0 spiro atoms. The highest BCUT2D eigenvalue weighted by Crippen LogP contribution is 2.29. The molecule has 0 aliphatic carbocycles. The number of thiophene rings is 1. The second-order valence-electron chi connectivity index (χ2n) is 2.56. The van der Waals surface area contributed by atoms with E-state index in [0.29, 0.717) is 5.56 Å². The van der Waals surface area contributed by atoms with E-state index in [9.17, 15) is 4.79 Å². The maximum atomic E-state index is 11.0. The first-order valence-corrected chi connectivity index (χ1v) is 5.60. The predicted octanol–water partition coefficient (Wildman–Crippen LogP) is 4.04. The Labute approximate surface area is 92.5 Å². The van der Waals surface area contributed by atoms with Crippen LogP contribution in [0.1, 0.15) is 10.4 Å². The van der Waals surface area contributed by atoms with Crippen LogP contribution in [0, 0.1) is 0 Å². The Kier molecular flexibility index (Phi) is 2.41. The van der Waals surface area contributed by atoms with E-state index in [4.69, 9.17) is 11.6 Å². The van der Waals surface area contributed by atoms with Crippen molar-refractivity contribution >= 4 is 54.2 Å². The van der Waals surface area contributed by atoms with Gasteiger partial charge in [0.2, 0.25) is 0 Å². The van der Waals surface area contributed by atoms with Crippen LogP contribution < -0.4 is 0 Å². The van der Waals surface area contributed by atoms with Crippen LogP contribution in [0.3, 0.4) is 0 Å². The predicted molar refractivity (Wildman–Crippen MR) is 59.7 cm³/mol. The minimum Gasteiger partial charge on any atom is -0.276 e. The third-order valence-corrected chi connectivity index (χ3v) is 3.41. The number of fused-ring (bicyclic) bond motifs is 1. The molecule has 13 heavy (non-hydrogen) atoms. The summed E-state index contributed by atoms with van der Waals surface area (Å²) in [6, 6.07) is 5.82. The monoisotopic (exact) mass is 274 g/mol. The second-order valence-corrected chi connectivity index (χ2v) is 4.73. The highest BCUT2D eigenvalue weighted by atomic mass is 79.9. The summed E-state index contributed by atoms with van der Waals surface area (Å²) in [6.07, 6.45) is 0. The Hall–Kier alpha value is -0.380. The molecule has 1 nitrogen and oxygen atoms in total. The summed E-state index contributed by atoms with van der Waals surface area (Å²) in [5.41, 5.74) is 0.586. The highest BCUT2D eigenvalue weighted by Gasteiger charge is 2.09. The Morgan fingerprint density at radius 1 is 1.46 bits per heavy atom. The van der Waals surface area contributed by atoms with E-state index in [-0.39, 0.29) is 0 Å². The number of rotatable bonds is 1. The SMILES string of the molecule is O=C(Cl)c1csc2ccc(Br)cc12. The Morgan fingerprint density at radius 2 is 2.23 bits per heavy atom. The van der Waals surface area contributed by atoms with Gasteiger partial charge in [-0.05, 0) is 29.8 Å². The average Bonchev–Trinajstić information content (AvgIpc) is 2.46. The average molecular weight is 276 g/mol. The standard InChI is InChI=1S/C9H4BrClOS/c10-5-1-2-8-6(3-5)7(4-13-8)9(11)12/h1-4H. The van der Waals surface area contributed by atoms with Crippen LogP contribution in [0.25, 0.3) is 10.1 Å². The number of hydrogen-bond donors (Lipinski definition) is 0. The Balaban J connectivity index is 2.79. The molecule has 2 rings (SSSR count). The molecular weight excluding hydrogens is 272 g/mol. The van der Waals surface area contributed by atoms with Gasteiger partial charge in [-0.3, -0.25) is 4.79 Å². The molecule has 0 N–H and O–H groups in total. The van der Waals surface area contributed by atoms with E-state index in [1.165, 1.54) is 11.3 Å². The third kappa shape index (κ3) is 1.64. The molecule has 0 radical (unpaired) electrons. The van der Waals surface area contributed by atoms with Gasteiger partial charge in [0.1, 0.15) is 0 Å². The zero-order valence-corrected chi connectivity index (χ0v) is 9.54. The van der Waals surface area contributed by atoms with Crippen molar-refractivity contribution in [2.75, 3.05) is 0 Å². The van der Waals surface area contributed by atoms with Crippen molar-refractivity contribution < 1.29 is 4.79 Å². The smallest absolute Gasteiger partial charge is 0.253 e. The van der Waals surface area contributed by atoms with E-state index in [2.05, 4.69) is 15.9 Å². The number of carbonyl (C=O) groups is 1. The van der Waals surface area contributed by atoms with Crippen LogP contribution in [-0.4, -0.2) is 5.24 Å². The quantitative estimate of drug-likeness (QED) is 0.718. The molecule has 0 amide bonds. The van der Waals surface area contributed by atoms with Gasteiger partial charge in [-0.2, -0.15) is 0 Å². The summed E-state index contributed by atoms with van der Waals surface area (Å²) in [4.78, 5) is 11.0. The van der Waals surface area contributed by atoms with Gasteiger partial charge in [0.15, 0.2) is 0 Å². The summed E-state index contributed by atoms with van der Waals surface area (Å²) >= 11 is 10.3. The number of benzene rings is 1. The largest absolute Gasteiger partial charge is 0.276 e. The van der Waals surface area contributed by atoms with Crippen molar-refractivity contribution in [3.05, 3.63) is 33.6 Å². The van der Waals surface area contributed by atoms with E-state index >= 15 is 0 Å². The molecule has 1 heterocycles. The van der Waals surface area contributed by atoms with Gasteiger partial charge in [0, 0.05) is 19.9 Å². The molecule has 4 heteroatoms. The maximum absolute atomic E-state index is 11.0. The summed E-state index contributed by atoms with van der Waals surface area (Å²) in [5.74, 6) is 0. The summed E-state index contributed by atoms with van der Waals surface area (Å²) in [7, 11) is 0. The second kappa shape index (κ2) is 3.40. The van der Waals surface area contributed by atoms with Gasteiger partial charge in [-0.1, -0.05) is 15.9 Å². The van der Waals surface area contributed by atoms with Gasteiger partial charge in [-0.25, -0.2) is 0 Å². The summed E-state index contributed by atoms with van der Waals surface area (Å²) in [5, 5.41) is 2.30. The third-order valence-electron chi connectivity index (χ3n) is 1.75. The molecular formula is C9H4BrClOS. The summed E-state index contributed by atoms with van der Waals surface area (Å²) in [6.45, 7) is 0. The van der Waals surface area contributed by atoms with Crippen molar-refractivity contribution in [3.8, 4) is 0 Å². The first-order valence-electron chi connectivity index (χ1n) is 3.55. The number of halogens is 2. The molecule has 0 fully saturated rings. The van der Waals surface area contributed by atoms with Gasteiger partial charge in [0.05, 0.1) is 5.56 Å².